The molecule has 1 N–H and O–H groups in total. The van der Waals surface area contributed by atoms with Gasteiger partial charge in [0.05, 0.1) is 17.4 Å². The molecule has 0 aliphatic heterocycles. The summed E-state index contributed by atoms with van der Waals surface area (Å²) in [7, 11) is 0. The first kappa shape index (κ1) is 17.9. The van der Waals surface area contributed by atoms with Crippen molar-refractivity contribution in [2.45, 2.75) is 20.0 Å². The molecular formula is C17H14ClF2NO3. The fraction of sp³-hybridized carbons (Fsp3) is 0.176. The Morgan fingerprint density at radius 3 is 2.33 bits per heavy atom. The molecule has 0 atom stereocenters. The Morgan fingerprint density at radius 2 is 1.75 bits per heavy atom. The zero-order valence-electron chi connectivity index (χ0n) is 12.9. The summed E-state index contributed by atoms with van der Waals surface area (Å²) in [6.07, 6.45) is -0.374. The van der Waals surface area contributed by atoms with E-state index in [1.807, 2.05) is 0 Å². The van der Waals surface area contributed by atoms with Gasteiger partial charge >= 0.3 is 5.97 Å². The highest BCUT2D eigenvalue weighted by Crippen LogP contribution is 2.24. The Balaban J connectivity index is 2.37. The van der Waals surface area contributed by atoms with Gasteiger partial charge in [-0.1, -0.05) is 17.7 Å². The molecule has 0 aliphatic carbocycles. The van der Waals surface area contributed by atoms with Gasteiger partial charge in [-0.3, -0.25) is 4.79 Å². The summed E-state index contributed by atoms with van der Waals surface area (Å²) in [5, 5.41) is 2.54. The number of halogens is 3. The van der Waals surface area contributed by atoms with Crippen molar-refractivity contribution < 1.29 is 23.1 Å². The smallest absolute Gasteiger partial charge is 0.340 e. The Kier molecular flexibility index (Phi) is 5.51. The van der Waals surface area contributed by atoms with E-state index < -0.39 is 29.1 Å². The van der Waals surface area contributed by atoms with Crippen molar-refractivity contribution in [2.24, 2.45) is 0 Å². The molecule has 0 aliphatic rings. The van der Waals surface area contributed by atoms with E-state index in [9.17, 15) is 18.4 Å². The van der Waals surface area contributed by atoms with Gasteiger partial charge < -0.3 is 10.1 Å². The molecule has 126 valence electrons. The van der Waals surface area contributed by atoms with Crippen molar-refractivity contribution in [1.29, 1.82) is 0 Å². The van der Waals surface area contributed by atoms with E-state index in [2.05, 4.69) is 5.32 Å². The van der Waals surface area contributed by atoms with E-state index in [1.54, 1.807) is 13.8 Å². The van der Waals surface area contributed by atoms with Crippen molar-refractivity contribution in [1.82, 2.24) is 0 Å². The van der Waals surface area contributed by atoms with Crippen molar-refractivity contribution in [3.8, 4) is 0 Å². The third-order valence-electron chi connectivity index (χ3n) is 2.98. The normalized spacial score (nSPS) is 10.6. The number of hydrogen-bond acceptors (Lipinski definition) is 3. The molecular weight excluding hydrogens is 340 g/mol. The Bertz CT molecular complexity index is 773. The monoisotopic (exact) mass is 353 g/mol. The molecule has 0 heterocycles. The lowest BCUT2D eigenvalue weighted by Gasteiger charge is -2.13. The first-order chi connectivity index (χ1) is 11.3. The highest BCUT2D eigenvalue weighted by molar-refractivity contribution is 6.31. The predicted octanol–water partition coefficient (Wildman–Crippen LogP) is 4.44. The molecule has 24 heavy (non-hydrogen) atoms. The van der Waals surface area contributed by atoms with Crippen LogP contribution in [0, 0.1) is 11.6 Å². The van der Waals surface area contributed by atoms with Crippen LogP contribution in [-0.4, -0.2) is 18.0 Å². The van der Waals surface area contributed by atoms with Crippen LogP contribution in [0.25, 0.3) is 0 Å². The van der Waals surface area contributed by atoms with Crippen LogP contribution >= 0.6 is 11.6 Å². The van der Waals surface area contributed by atoms with E-state index in [0.717, 1.165) is 18.2 Å². The van der Waals surface area contributed by atoms with Crippen LogP contribution in [0.1, 0.15) is 34.6 Å². The second-order valence-corrected chi connectivity index (χ2v) is 5.63. The van der Waals surface area contributed by atoms with Gasteiger partial charge in [0.15, 0.2) is 0 Å². The summed E-state index contributed by atoms with van der Waals surface area (Å²) in [4.78, 5) is 24.3. The predicted molar refractivity (Wildman–Crippen MR) is 86.3 cm³/mol. The minimum atomic E-state index is -1.04. The third kappa shape index (κ3) is 4.08. The molecule has 0 radical (unpaired) electrons. The number of hydrogen-bond donors (Lipinski definition) is 1. The second-order valence-electron chi connectivity index (χ2n) is 5.19. The SMILES string of the molecule is CC(C)OC(=O)c1ccc(Cl)cc1NC(=O)c1c(F)cccc1F. The first-order valence-corrected chi connectivity index (χ1v) is 7.43. The molecule has 1 amide bonds. The average Bonchev–Trinajstić information content (AvgIpc) is 2.46. The summed E-state index contributed by atoms with van der Waals surface area (Å²) < 4.78 is 32.5. The molecule has 0 spiro atoms. The molecule has 2 aromatic rings. The topological polar surface area (TPSA) is 55.4 Å². The van der Waals surface area contributed by atoms with Crippen LogP contribution in [0.3, 0.4) is 0 Å². The quantitative estimate of drug-likeness (QED) is 0.827. The van der Waals surface area contributed by atoms with E-state index in [-0.39, 0.29) is 22.4 Å². The van der Waals surface area contributed by atoms with Crippen molar-refractivity contribution >= 4 is 29.2 Å². The van der Waals surface area contributed by atoms with Crippen LogP contribution in [0.5, 0.6) is 0 Å². The highest BCUT2D eigenvalue weighted by Gasteiger charge is 2.21. The average molecular weight is 354 g/mol. The Hall–Kier alpha value is -2.47. The van der Waals surface area contributed by atoms with Gasteiger partial charge in [0.2, 0.25) is 0 Å². The van der Waals surface area contributed by atoms with Gasteiger partial charge in [-0.2, -0.15) is 0 Å². The fourth-order valence-electron chi connectivity index (χ4n) is 1.98. The van der Waals surface area contributed by atoms with Crippen LogP contribution in [0.15, 0.2) is 36.4 Å². The van der Waals surface area contributed by atoms with E-state index in [4.69, 9.17) is 16.3 Å². The molecule has 2 rings (SSSR count). The largest absolute Gasteiger partial charge is 0.459 e. The number of anilines is 1. The van der Waals surface area contributed by atoms with E-state index in [1.165, 1.54) is 18.2 Å². The molecule has 0 bridgehead atoms. The maximum atomic E-state index is 13.7. The summed E-state index contributed by atoms with van der Waals surface area (Å²) in [5.74, 6) is -3.75. The fourth-order valence-corrected chi connectivity index (χ4v) is 2.15. The summed E-state index contributed by atoms with van der Waals surface area (Å²) in [6, 6.07) is 7.17. The van der Waals surface area contributed by atoms with Gasteiger partial charge in [-0.15, -0.1) is 0 Å². The molecule has 4 nitrogen and oxygen atoms in total. The number of rotatable bonds is 4. The summed E-state index contributed by atoms with van der Waals surface area (Å²) >= 11 is 5.87. The van der Waals surface area contributed by atoms with E-state index >= 15 is 0 Å². The number of benzene rings is 2. The second kappa shape index (κ2) is 7.40. The molecule has 0 aromatic heterocycles. The zero-order chi connectivity index (χ0) is 17.9. The van der Waals surface area contributed by atoms with Crippen LogP contribution < -0.4 is 5.32 Å². The first-order valence-electron chi connectivity index (χ1n) is 7.05. The van der Waals surface area contributed by atoms with Crippen LogP contribution in [0.2, 0.25) is 5.02 Å². The van der Waals surface area contributed by atoms with Gasteiger partial charge in [0.1, 0.15) is 17.2 Å². The van der Waals surface area contributed by atoms with Crippen molar-refractivity contribution in [3.05, 3.63) is 64.2 Å². The standard InChI is InChI=1S/C17H14ClF2NO3/c1-9(2)24-17(23)11-7-6-10(18)8-14(11)21-16(22)15-12(19)4-3-5-13(15)20/h3-9H,1-2H3,(H,21,22). The third-order valence-corrected chi connectivity index (χ3v) is 3.22. The van der Waals surface area contributed by atoms with Gasteiger partial charge in [0.25, 0.3) is 5.91 Å². The molecule has 0 fully saturated rings. The maximum Gasteiger partial charge on any atom is 0.340 e. The van der Waals surface area contributed by atoms with Crippen LogP contribution in [-0.2, 0) is 4.74 Å². The lowest BCUT2D eigenvalue weighted by atomic mass is 10.1. The minimum Gasteiger partial charge on any atom is -0.459 e. The number of amides is 1. The number of ether oxygens (including phenoxy) is 1. The number of carbonyl (C=O) groups excluding carboxylic acids is 2. The molecule has 0 unspecified atom stereocenters. The Labute approximate surface area is 142 Å². The lowest BCUT2D eigenvalue weighted by molar-refractivity contribution is 0.0379. The highest BCUT2D eigenvalue weighted by atomic mass is 35.5. The molecule has 0 saturated heterocycles. The minimum absolute atomic E-state index is 0.000744. The van der Waals surface area contributed by atoms with Crippen molar-refractivity contribution in [3.63, 3.8) is 0 Å². The van der Waals surface area contributed by atoms with E-state index in [0.29, 0.717) is 0 Å². The molecule has 0 saturated carbocycles. The summed E-state index contributed by atoms with van der Waals surface area (Å²) in [6.45, 7) is 3.33. The van der Waals surface area contributed by atoms with Crippen molar-refractivity contribution in [2.75, 3.05) is 5.32 Å². The summed E-state index contributed by atoms with van der Waals surface area (Å²) in [5.41, 5.74) is -0.723. The lowest BCUT2D eigenvalue weighted by Crippen LogP contribution is -2.19. The number of esters is 1. The molecule has 7 heteroatoms. The molecule has 2 aromatic carbocycles. The number of nitrogens with one attached hydrogen (secondary N) is 1. The van der Waals surface area contributed by atoms with Gasteiger partial charge in [0, 0.05) is 5.02 Å². The maximum absolute atomic E-state index is 13.7. The van der Waals surface area contributed by atoms with Crippen LogP contribution in [0.4, 0.5) is 14.5 Å². The Morgan fingerprint density at radius 1 is 1.12 bits per heavy atom. The zero-order valence-corrected chi connectivity index (χ0v) is 13.7. The van der Waals surface area contributed by atoms with Gasteiger partial charge in [-0.25, -0.2) is 13.6 Å². The number of carbonyl (C=O) groups is 2. The van der Waals surface area contributed by atoms with Gasteiger partial charge in [-0.05, 0) is 44.2 Å².